The molecule has 2 fully saturated rings. The van der Waals surface area contributed by atoms with Gasteiger partial charge in [0, 0.05) is 17.7 Å². The number of hydrogen-bond acceptors (Lipinski definition) is 4. The highest BCUT2D eigenvalue weighted by molar-refractivity contribution is 5.89. The highest BCUT2D eigenvalue weighted by atomic mass is 16.5. The van der Waals surface area contributed by atoms with Crippen LogP contribution < -0.4 is 10.1 Å². The van der Waals surface area contributed by atoms with Gasteiger partial charge in [-0.1, -0.05) is 30.6 Å². The van der Waals surface area contributed by atoms with Crippen LogP contribution >= 0.6 is 0 Å². The molecule has 1 aromatic carbocycles. The molecule has 1 heterocycles. The van der Waals surface area contributed by atoms with E-state index in [1.165, 1.54) is 62.5 Å². The molecule has 6 heteroatoms. The van der Waals surface area contributed by atoms with E-state index in [9.17, 15) is 9.59 Å². The van der Waals surface area contributed by atoms with Gasteiger partial charge in [0.25, 0.3) is 0 Å². The number of rotatable bonds is 5. The molecule has 2 aliphatic rings. The third-order valence-corrected chi connectivity index (χ3v) is 5.54. The van der Waals surface area contributed by atoms with Crippen LogP contribution in [0.5, 0.6) is 5.75 Å². The van der Waals surface area contributed by atoms with Gasteiger partial charge in [0.2, 0.25) is 0 Å². The van der Waals surface area contributed by atoms with Gasteiger partial charge in [-0.15, -0.1) is 0 Å². The average molecular weight is 416 g/mol. The van der Waals surface area contributed by atoms with Crippen LogP contribution in [0.15, 0.2) is 35.9 Å². The molecule has 6 nitrogen and oxygen atoms in total. The van der Waals surface area contributed by atoms with Crippen molar-refractivity contribution in [3.63, 3.8) is 0 Å². The Labute approximate surface area is 178 Å². The number of carboxylic acid groups (broad SMARTS) is 2. The lowest BCUT2D eigenvalue weighted by Gasteiger charge is -2.23. The van der Waals surface area contributed by atoms with Crippen LogP contribution in [0, 0.1) is 0 Å². The molecule has 0 aromatic heterocycles. The summed E-state index contributed by atoms with van der Waals surface area (Å²) in [6.07, 6.45) is 14.0. The third kappa shape index (κ3) is 8.41. The van der Waals surface area contributed by atoms with Crippen molar-refractivity contribution in [2.75, 3.05) is 20.2 Å². The van der Waals surface area contributed by atoms with E-state index in [-0.39, 0.29) is 0 Å². The molecule has 3 rings (SSSR count). The first kappa shape index (κ1) is 23.7. The van der Waals surface area contributed by atoms with Crippen LogP contribution in [0.3, 0.4) is 0 Å². The molecule has 1 aromatic rings. The van der Waals surface area contributed by atoms with E-state index >= 15 is 0 Å². The van der Waals surface area contributed by atoms with Crippen molar-refractivity contribution in [3.8, 4) is 5.75 Å². The number of ether oxygens (including phenoxy) is 1. The molecule has 1 aliphatic heterocycles. The fourth-order valence-electron chi connectivity index (χ4n) is 3.96. The predicted octanol–water partition coefficient (Wildman–Crippen LogP) is 4.61. The Kier molecular flexibility index (Phi) is 10.1. The average Bonchev–Trinajstić information content (AvgIpc) is 3.02. The number of methoxy groups -OCH3 is 1. The number of aliphatic carboxylic acids is 2. The van der Waals surface area contributed by atoms with Gasteiger partial charge in [0.15, 0.2) is 0 Å². The maximum atomic E-state index is 9.55. The summed E-state index contributed by atoms with van der Waals surface area (Å²) in [5.74, 6) is -0.785. The summed E-state index contributed by atoms with van der Waals surface area (Å²) in [6.45, 7) is 2.29. The first-order chi connectivity index (χ1) is 14.5. The van der Waals surface area contributed by atoms with Crippen LogP contribution in [0.25, 0.3) is 6.08 Å². The lowest BCUT2D eigenvalue weighted by atomic mass is 9.88. The smallest absolute Gasteiger partial charge is 0.328 e. The SMILES string of the molecule is COc1ccc(C2CCNCC2)cc1C=C1CCCCCC1.O=C(O)/C=C\C(=O)O. The summed E-state index contributed by atoms with van der Waals surface area (Å²) in [5.41, 5.74) is 4.39. The topological polar surface area (TPSA) is 95.9 Å². The standard InChI is InChI=1S/C20H29NO.C4H4O4/c1-22-20-9-8-18(17-10-12-21-13-11-17)15-19(20)14-16-6-4-2-3-5-7-16;5-3(6)1-2-4(7)8/h8-9,14-15,17,21H,2-7,10-13H2,1H3;1-2H,(H,5,6)(H,7,8)/b;2-1-. The van der Waals surface area contributed by atoms with Gasteiger partial charge in [-0.05, 0) is 75.2 Å². The summed E-state index contributed by atoms with van der Waals surface area (Å²) < 4.78 is 5.60. The molecular weight excluding hydrogens is 382 g/mol. The molecule has 3 N–H and O–H groups in total. The number of allylic oxidation sites excluding steroid dienone is 1. The summed E-state index contributed by atoms with van der Waals surface area (Å²) in [5, 5.41) is 19.1. The fourth-order valence-corrected chi connectivity index (χ4v) is 3.96. The highest BCUT2D eigenvalue weighted by Gasteiger charge is 2.16. The number of nitrogens with one attached hydrogen (secondary N) is 1. The lowest BCUT2D eigenvalue weighted by Crippen LogP contribution is -2.26. The monoisotopic (exact) mass is 415 g/mol. The molecule has 0 radical (unpaired) electrons. The Balaban J connectivity index is 0.000000343. The van der Waals surface area contributed by atoms with Gasteiger partial charge in [-0.3, -0.25) is 0 Å². The van der Waals surface area contributed by atoms with Crippen LogP contribution in [0.4, 0.5) is 0 Å². The molecular formula is C24H33NO5. The zero-order chi connectivity index (χ0) is 21.8. The van der Waals surface area contributed by atoms with Crippen molar-refractivity contribution in [2.24, 2.45) is 0 Å². The lowest BCUT2D eigenvalue weighted by molar-refractivity contribution is -0.134. The molecule has 30 heavy (non-hydrogen) atoms. The molecule has 0 amide bonds. The number of carboxylic acids is 2. The van der Waals surface area contributed by atoms with Gasteiger partial charge in [-0.25, -0.2) is 9.59 Å². The summed E-state index contributed by atoms with van der Waals surface area (Å²) in [6, 6.07) is 6.82. The second kappa shape index (κ2) is 12.9. The number of piperidine rings is 1. The van der Waals surface area contributed by atoms with Crippen molar-refractivity contribution in [1.29, 1.82) is 0 Å². The Morgan fingerprint density at radius 3 is 2.13 bits per heavy atom. The van der Waals surface area contributed by atoms with Gasteiger partial charge < -0.3 is 20.3 Å². The normalized spacial score (nSPS) is 17.6. The second-order valence-electron chi connectivity index (χ2n) is 7.75. The Bertz CT molecular complexity index is 737. The Morgan fingerprint density at radius 2 is 1.60 bits per heavy atom. The number of hydrogen-bond donors (Lipinski definition) is 3. The quantitative estimate of drug-likeness (QED) is 0.480. The minimum absolute atomic E-state index is 0.558. The van der Waals surface area contributed by atoms with Gasteiger partial charge >= 0.3 is 11.9 Å². The van der Waals surface area contributed by atoms with E-state index < -0.39 is 11.9 Å². The van der Waals surface area contributed by atoms with E-state index in [2.05, 4.69) is 29.6 Å². The van der Waals surface area contributed by atoms with Crippen molar-refractivity contribution in [2.45, 2.75) is 57.3 Å². The maximum absolute atomic E-state index is 9.55. The van der Waals surface area contributed by atoms with E-state index in [1.54, 1.807) is 12.7 Å². The molecule has 0 unspecified atom stereocenters. The highest BCUT2D eigenvalue weighted by Crippen LogP contribution is 2.32. The number of carbonyl (C=O) groups is 2. The summed E-state index contributed by atoms with van der Waals surface area (Å²) in [4.78, 5) is 19.1. The first-order valence-electron chi connectivity index (χ1n) is 10.7. The zero-order valence-corrected chi connectivity index (χ0v) is 17.7. The predicted molar refractivity (Wildman–Crippen MR) is 118 cm³/mol. The molecule has 1 saturated carbocycles. The zero-order valence-electron chi connectivity index (χ0n) is 17.7. The number of benzene rings is 1. The maximum Gasteiger partial charge on any atom is 0.328 e. The molecule has 0 atom stereocenters. The van der Waals surface area contributed by atoms with E-state index in [0.29, 0.717) is 18.1 Å². The minimum Gasteiger partial charge on any atom is -0.496 e. The molecule has 1 aliphatic carbocycles. The van der Waals surface area contributed by atoms with Crippen molar-refractivity contribution < 1.29 is 24.5 Å². The Hall–Kier alpha value is -2.60. The third-order valence-electron chi connectivity index (χ3n) is 5.54. The summed E-state index contributed by atoms with van der Waals surface area (Å²) in [7, 11) is 1.79. The van der Waals surface area contributed by atoms with Gasteiger partial charge in [0.1, 0.15) is 5.75 Å². The van der Waals surface area contributed by atoms with E-state index in [0.717, 1.165) is 18.8 Å². The van der Waals surface area contributed by atoms with Gasteiger partial charge in [-0.2, -0.15) is 0 Å². The second-order valence-corrected chi connectivity index (χ2v) is 7.75. The van der Waals surface area contributed by atoms with Gasteiger partial charge in [0.05, 0.1) is 7.11 Å². The molecule has 1 saturated heterocycles. The largest absolute Gasteiger partial charge is 0.496 e. The summed E-state index contributed by atoms with van der Waals surface area (Å²) >= 11 is 0. The molecule has 164 valence electrons. The first-order valence-corrected chi connectivity index (χ1v) is 10.7. The Morgan fingerprint density at radius 1 is 1.00 bits per heavy atom. The van der Waals surface area contributed by atoms with Crippen molar-refractivity contribution >= 4 is 18.0 Å². The minimum atomic E-state index is -1.26. The molecule has 0 bridgehead atoms. The van der Waals surface area contributed by atoms with Crippen LogP contribution in [0.1, 0.15) is 68.4 Å². The van der Waals surface area contributed by atoms with Crippen LogP contribution in [-0.4, -0.2) is 42.4 Å². The molecule has 0 spiro atoms. The van der Waals surface area contributed by atoms with E-state index in [4.69, 9.17) is 14.9 Å². The van der Waals surface area contributed by atoms with Crippen LogP contribution in [-0.2, 0) is 9.59 Å². The fraction of sp³-hybridized carbons (Fsp3) is 0.500. The van der Waals surface area contributed by atoms with Crippen molar-refractivity contribution in [1.82, 2.24) is 5.32 Å². The van der Waals surface area contributed by atoms with Crippen molar-refractivity contribution in [3.05, 3.63) is 47.1 Å². The van der Waals surface area contributed by atoms with E-state index in [1.807, 2.05) is 0 Å². The van der Waals surface area contributed by atoms with Crippen LogP contribution in [0.2, 0.25) is 0 Å².